The molecule has 1 aliphatic heterocycles. The van der Waals surface area contributed by atoms with E-state index in [1.807, 2.05) is 0 Å². The second kappa shape index (κ2) is 8.32. The van der Waals surface area contributed by atoms with E-state index < -0.39 is 5.82 Å². The highest BCUT2D eigenvalue weighted by Crippen LogP contribution is 2.29. The molecular weight excluding hydrogens is 395 g/mol. The maximum absolute atomic E-state index is 13.4. The van der Waals surface area contributed by atoms with Crippen LogP contribution in [0.5, 0.6) is 0 Å². The Morgan fingerprint density at radius 3 is 2.76 bits per heavy atom. The van der Waals surface area contributed by atoms with Gasteiger partial charge in [-0.1, -0.05) is 22.8 Å². The molecule has 0 saturated carbocycles. The lowest BCUT2D eigenvalue weighted by molar-refractivity contribution is 0.318. The first kappa shape index (κ1) is 18.9. The Labute approximate surface area is 171 Å². The van der Waals surface area contributed by atoms with Crippen molar-refractivity contribution in [3.05, 3.63) is 76.5 Å². The van der Waals surface area contributed by atoms with Crippen molar-refractivity contribution in [1.29, 1.82) is 0 Å². The van der Waals surface area contributed by atoms with Crippen LogP contribution in [0.1, 0.15) is 16.7 Å². The Morgan fingerprint density at radius 2 is 2.00 bits per heavy atom. The van der Waals surface area contributed by atoms with Gasteiger partial charge in [-0.15, -0.1) is 0 Å². The lowest BCUT2D eigenvalue weighted by atomic mass is 9.97. The molecule has 146 valence electrons. The number of fused-ring (bicyclic) bond motifs is 1. The van der Waals surface area contributed by atoms with Crippen molar-refractivity contribution in [3.63, 3.8) is 0 Å². The molecule has 3 heterocycles. The van der Waals surface area contributed by atoms with Crippen LogP contribution in [-0.2, 0) is 12.8 Å². The van der Waals surface area contributed by atoms with Gasteiger partial charge in [0, 0.05) is 48.3 Å². The first-order valence-electron chi connectivity index (χ1n) is 8.84. The summed E-state index contributed by atoms with van der Waals surface area (Å²) in [6.07, 6.45) is 5.79. The highest BCUT2D eigenvalue weighted by molar-refractivity contribution is 6.30. The number of nitrogens with zero attached hydrogens (tertiary/aromatic N) is 5. The number of pyridine rings is 1. The lowest BCUT2D eigenvalue weighted by Crippen LogP contribution is -2.16. The standard InChI is InChI=1S/C20H16ClFN6O/c21-16-8-12(2-3-17(16)22)9-18(28-29)14-4-7-23-19-15(14)10-13(27-19)11-26-20-24-5-1-6-25-20/h1-8,29H,9-11H2,(H,24,25,26)/b28-18+. The lowest BCUT2D eigenvalue weighted by Gasteiger charge is -2.10. The van der Waals surface area contributed by atoms with Gasteiger partial charge in [0.05, 0.1) is 17.3 Å². The Hall–Kier alpha value is -3.39. The van der Waals surface area contributed by atoms with Crippen molar-refractivity contribution in [1.82, 2.24) is 15.0 Å². The van der Waals surface area contributed by atoms with Crippen molar-refractivity contribution in [2.75, 3.05) is 11.9 Å². The van der Waals surface area contributed by atoms with Crippen molar-refractivity contribution >= 4 is 34.8 Å². The molecular formula is C20H16ClFN6O. The third-order valence-electron chi connectivity index (χ3n) is 4.48. The van der Waals surface area contributed by atoms with Crippen LogP contribution >= 0.6 is 11.6 Å². The number of oxime groups is 1. The van der Waals surface area contributed by atoms with Gasteiger partial charge in [0.25, 0.3) is 0 Å². The first-order chi connectivity index (χ1) is 14.1. The van der Waals surface area contributed by atoms with Gasteiger partial charge in [-0.3, -0.25) is 0 Å². The average Bonchev–Trinajstić information content (AvgIpc) is 3.17. The summed E-state index contributed by atoms with van der Waals surface area (Å²) in [7, 11) is 0. The fraction of sp³-hybridized carbons (Fsp3) is 0.150. The van der Waals surface area contributed by atoms with E-state index >= 15 is 0 Å². The molecule has 29 heavy (non-hydrogen) atoms. The normalized spacial score (nSPS) is 13.2. The third-order valence-corrected chi connectivity index (χ3v) is 4.77. The van der Waals surface area contributed by atoms with Crippen molar-refractivity contribution < 1.29 is 9.60 Å². The fourth-order valence-corrected chi connectivity index (χ4v) is 3.32. The van der Waals surface area contributed by atoms with E-state index in [0.717, 1.165) is 22.4 Å². The maximum Gasteiger partial charge on any atom is 0.222 e. The zero-order valence-electron chi connectivity index (χ0n) is 15.2. The number of benzene rings is 1. The molecule has 0 amide bonds. The van der Waals surface area contributed by atoms with Gasteiger partial charge in [-0.2, -0.15) is 0 Å². The number of aromatic nitrogens is 3. The van der Waals surface area contributed by atoms with E-state index in [1.165, 1.54) is 12.1 Å². The molecule has 0 fully saturated rings. The molecule has 1 aromatic carbocycles. The minimum atomic E-state index is -0.490. The van der Waals surface area contributed by atoms with Crippen LogP contribution in [0.4, 0.5) is 16.2 Å². The molecule has 0 atom stereocenters. The molecule has 0 unspecified atom stereocenters. The van der Waals surface area contributed by atoms with Crippen LogP contribution in [0, 0.1) is 5.82 Å². The van der Waals surface area contributed by atoms with Crippen molar-refractivity contribution in [2.45, 2.75) is 12.8 Å². The minimum absolute atomic E-state index is 0.0274. The van der Waals surface area contributed by atoms with Gasteiger partial charge in [-0.25, -0.2) is 24.3 Å². The molecule has 3 aromatic rings. The number of rotatable bonds is 6. The fourth-order valence-electron chi connectivity index (χ4n) is 3.12. The summed E-state index contributed by atoms with van der Waals surface area (Å²) in [5.74, 6) is 0.618. The Bertz CT molecular complexity index is 1100. The second-order valence-corrected chi connectivity index (χ2v) is 6.82. The maximum atomic E-state index is 13.4. The predicted molar refractivity (Wildman–Crippen MR) is 109 cm³/mol. The summed E-state index contributed by atoms with van der Waals surface area (Å²) in [5.41, 5.74) is 3.65. The van der Waals surface area contributed by atoms with Crippen LogP contribution in [-0.4, -0.2) is 38.1 Å². The van der Waals surface area contributed by atoms with Gasteiger partial charge >= 0.3 is 0 Å². The SMILES string of the molecule is O/N=C(\Cc1ccc(F)c(Cl)c1)c1ccnc2c1CC(CNc1ncccn1)=N2. The van der Waals surface area contributed by atoms with E-state index in [4.69, 9.17) is 11.6 Å². The predicted octanol–water partition coefficient (Wildman–Crippen LogP) is 3.83. The van der Waals surface area contributed by atoms with Crippen LogP contribution in [0.3, 0.4) is 0 Å². The van der Waals surface area contributed by atoms with Gasteiger partial charge in [-0.05, 0) is 29.8 Å². The molecule has 2 aromatic heterocycles. The largest absolute Gasteiger partial charge is 0.411 e. The summed E-state index contributed by atoms with van der Waals surface area (Å²) >= 11 is 5.86. The monoisotopic (exact) mass is 410 g/mol. The highest BCUT2D eigenvalue weighted by Gasteiger charge is 2.22. The Morgan fingerprint density at radius 1 is 1.17 bits per heavy atom. The number of anilines is 1. The molecule has 7 nitrogen and oxygen atoms in total. The van der Waals surface area contributed by atoms with Crippen LogP contribution < -0.4 is 5.32 Å². The summed E-state index contributed by atoms with van der Waals surface area (Å²) < 4.78 is 13.4. The Kier molecular flexibility index (Phi) is 5.44. The minimum Gasteiger partial charge on any atom is -0.411 e. The quantitative estimate of drug-likeness (QED) is 0.366. The van der Waals surface area contributed by atoms with E-state index in [0.29, 0.717) is 36.9 Å². The molecule has 0 bridgehead atoms. The molecule has 0 saturated heterocycles. The van der Waals surface area contributed by atoms with Gasteiger partial charge in [0.15, 0.2) is 5.82 Å². The van der Waals surface area contributed by atoms with E-state index in [-0.39, 0.29) is 5.02 Å². The number of nitrogens with one attached hydrogen (secondary N) is 1. The zero-order valence-corrected chi connectivity index (χ0v) is 15.9. The smallest absolute Gasteiger partial charge is 0.222 e. The van der Waals surface area contributed by atoms with Crippen molar-refractivity contribution in [2.24, 2.45) is 10.1 Å². The Balaban J connectivity index is 1.51. The molecule has 2 N–H and O–H groups in total. The van der Waals surface area contributed by atoms with E-state index in [9.17, 15) is 9.60 Å². The molecule has 0 aliphatic carbocycles. The van der Waals surface area contributed by atoms with E-state index in [2.05, 4.69) is 30.4 Å². The van der Waals surface area contributed by atoms with Crippen LogP contribution in [0.2, 0.25) is 5.02 Å². The van der Waals surface area contributed by atoms with Crippen molar-refractivity contribution in [3.8, 4) is 0 Å². The molecule has 9 heteroatoms. The van der Waals surface area contributed by atoms with Crippen LogP contribution in [0.15, 0.2) is 59.1 Å². The summed E-state index contributed by atoms with van der Waals surface area (Å²) in [5, 5.41) is 16.2. The first-order valence-corrected chi connectivity index (χ1v) is 9.22. The van der Waals surface area contributed by atoms with Gasteiger partial charge in [0.2, 0.25) is 5.95 Å². The van der Waals surface area contributed by atoms with Gasteiger partial charge < -0.3 is 10.5 Å². The average molecular weight is 411 g/mol. The van der Waals surface area contributed by atoms with E-state index in [1.54, 1.807) is 36.8 Å². The number of hydrogen-bond donors (Lipinski definition) is 2. The number of hydrogen-bond acceptors (Lipinski definition) is 7. The topological polar surface area (TPSA) is 95.7 Å². The van der Waals surface area contributed by atoms with Crippen LogP contribution in [0.25, 0.3) is 0 Å². The zero-order chi connectivity index (χ0) is 20.2. The van der Waals surface area contributed by atoms with Gasteiger partial charge in [0.1, 0.15) is 5.82 Å². The number of aliphatic imine (C=N–C) groups is 1. The second-order valence-electron chi connectivity index (χ2n) is 6.41. The summed E-state index contributed by atoms with van der Waals surface area (Å²) in [6.45, 7) is 0.471. The number of halogens is 2. The molecule has 0 radical (unpaired) electrons. The molecule has 1 aliphatic rings. The third kappa shape index (κ3) is 4.22. The molecule has 4 rings (SSSR count). The summed E-state index contributed by atoms with van der Waals surface area (Å²) in [6, 6.07) is 7.95. The summed E-state index contributed by atoms with van der Waals surface area (Å²) in [4.78, 5) is 17.1. The molecule has 0 spiro atoms. The highest BCUT2D eigenvalue weighted by atomic mass is 35.5.